The minimum absolute atomic E-state index is 0.0786. The molecule has 0 radical (unpaired) electrons. The quantitative estimate of drug-likeness (QED) is 0.837. The number of ether oxygens (including phenoxy) is 1. The van der Waals surface area contributed by atoms with Crippen molar-refractivity contribution in [3.05, 3.63) is 66.2 Å². The van der Waals surface area contributed by atoms with E-state index in [0.29, 0.717) is 11.3 Å². The summed E-state index contributed by atoms with van der Waals surface area (Å²) in [7, 11) is 0. The molecule has 0 aliphatic heterocycles. The van der Waals surface area contributed by atoms with Crippen LogP contribution in [-0.4, -0.2) is 23.1 Å². The summed E-state index contributed by atoms with van der Waals surface area (Å²) in [5, 5.41) is 10.2. The van der Waals surface area contributed by atoms with Gasteiger partial charge in [-0.1, -0.05) is 48.5 Å². The Morgan fingerprint density at radius 2 is 1.58 bits per heavy atom. The number of carbonyl (C=O) groups excluding carboxylic acids is 1. The first-order chi connectivity index (χ1) is 9.09. The van der Waals surface area contributed by atoms with Crippen LogP contribution in [0.3, 0.4) is 0 Å². The van der Waals surface area contributed by atoms with E-state index >= 15 is 0 Å². The van der Waals surface area contributed by atoms with Gasteiger partial charge in [0.25, 0.3) is 0 Å². The number of Topliss-reactive ketones (excluding diaryl/α,β-unsaturated/α-hetero) is 1. The zero-order valence-electron chi connectivity index (χ0n) is 10.7. The van der Waals surface area contributed by atoms with E-state index in [4.69, 9.17) is 4.74 Å². The molecule has 1 N–H and O–H groups in total. The summed E-state index contributed by atoms with van der Waals surface area (Å²) in [5.41, 5.74) is -1.07. The highest BCUT2D eigenvalue weighted by atomic mass is 16.5. The molecule has 0 aliphatic rings. The van der Waals surface area contributed by atoms with Crippen LogP contribution in [0.2, 0.25) is 0 Å². The summed E-state index contributed by atoms with van der Waals surface area (Å²) in [6, 6.07) is 17.8. The summed E-state index contributed by atoms with van der Waals surface area (Å²) in [6.45, 7) is 1.38. The lowest BCUT2D eigenvalue weighted by Crippen LogP contribution is -2.41. The highest BCUT2D eigenvalue weighted by molar-refractivity contribution is 6.02. The standard InChI is InChI=1S/C16H16O3/c1-16(18,12-19-14-10-6-3-7-11-14)15(17)13-8-4-2-5-9-13/h2-11,18H,12H2,1H3. The number of hydrogen-bond acceptors (Lipinski definition) is 3. The van der Waals surface area contributed by atoms with E-state index in [9.17, 15) is 9.90 Å². The van der Waals surface area contributed by atoms with Crippen LogP contribution in [0.25, 0.3) is 0 Å². The van der Waals surface area contributed by atoms with E-state index in [1.54, 1.807) is 36.4 Å². The number of para-hydroxylation sites is 1. The van der Waals surface area contributed by atoms with Gasteiger partial charge in [0.1, 0.15) is 12.4 Å². The van der Waals surface area contributed by atoms with Gasteiger partial charge >= 0.3 is 0 Å². The number of carbonyl (C=O) groups is 1. The van der Waals surface area contributed by atoms with Crippen molar-refractivity contribution in [2.75, 3.05) is 6.61 Å². The van der Waals surface area contributed by atoms with Crippen LogP contribution in [0.4, 0.5) is 0 Å². The number of rotatable bonds is 5. The van der Waals surface area contributed by atoms with Crippen molar-refractivity contribution >= 4 is 5.78 Å². The molecule has 2 aromatic rings. The first kappa shape index (κ1) is 13.3. The monoisotopic (exact) mass is 256 g/mol. The van der Waals surface area contributed by atoms with Gasteiger partial charge in [-0.3, -0.25) is 4.79 Å². The maximum atomic E-state index is 12.2. The zero-order valence-corrected chi connectivity index (χ0v) is 10.7. The Morgan fingerprint density at radius 1 is 1.05 bits per heavy atom. The zero-order chi connectivity index (χ0) is 13.7. The SMILES string of the molecule is CC(O)(COc1ccccc1)C(=O)c1ccccc1. The molecule has 2 rings (SSSR count). The molecule has 0 saturated carbocycles. The first-order valence-electron chi connectivity index (χ1n) is 6.10. The van der Waals surface area contributed by atoms with Gasteiger partial charge < -0.3 is 9.84 Å². The smallest absolute Gasteiger partial charge is 0.197 e. The summed E-state index contributed by atoms with van der Waals surface area (Å²) < 4.78 is 5.44. The van der Waals surface area contributed by atoms with Gasteiger partial charge in [-0.15, -0.1) is 0 Å². The van der Waals surface area contributed by atoms with Crippen molar-refractivity contribution in [2.24, 2.45) is 0 Å². The maximum absolute atomic E-state index is 12.2. The third-order valence-electron chi connectivity index (χ3n) is 2.79. The number of hydrogen-bond donors (Lipinski definition) is 1. The van der Waals surface area contributed by atoms with Crippen LogP contribution in [0.5, 0.6) is 5.75 Å². The average molecular weight is 256 g/mol. The van der Waals surface area contributed by atoms with Crippen LogP contribution in [0, 0.1) is 0 Å². The van der Waals surface area contributed by atoms with Gasteiger partial charge in [-0.2, -0.15) is 0 Å². The Balaban J connectivity index is 2.04. The number of benzene rings is 2. The Hall–Kier alpha value is -2.13. The fraction of sp³-hybridized carbons (Fsp3) is 0.188. The second kappa shape index (κ2) is 5.67. The van der Waals surface area contributed by atoms with Gasteiger partial charge in [0.15, 0.2) is 11.4 Å². The van der Waals surface area contributed by atoms with Gasteiger partial charge in [0.05, 0.1) is 0 Å². The van der Waals surface area contributed by atoms with Crippen molar-refractivity contribution in [3.63, 3.8) is 0 Å². The normalized spacial score (nSPS) is 13.6. The van der Waals surface area contributed by atoms with Crippen molar-refractivity contribution in [1.82, 2.24) is 0 Å². The minimum Gasteiger partial charge on any atom is -0.490 e. The molecular weight excluding hydrogens is 240 g/mol. The molecule has 3 nitrogen and oxygen atoms in total. The van der Waals surface area contributed by atoms with Crippen LogP contribution in [0.1, 0.15) is 17.3 Å². The molecule has 98 valence electrons. The molecule has 0 bridgehead atoms. The molecule has 0 spiro atoms. The summed E-state index contributed by atoms with van der Waals surface area (Å²) >= 11 is 0. The summed E-state index contributed by atoms with van der Waals surface area (Å²) in [6.07, 6.45) is 0. The van der Waals surface area contributed by atoms with Crippen molar-refractivity contribution in [3.8, 4) is 5.75 Å². The van der Waals surface area contributed by atoms with Gasteiger partial charge in [-0.05, 0) is 19.1 Å². The van der Waals surface area contributed by atoms with E-state index < -0.39 is 5.60 Å². The number of aliphatic hydroxyl groups is 1. The van der Waals surface area contributed by atoms with Gasteiger partial charge in [0, 0.05) is 5.56 Å². The molecular formula is C16H16O3. The van der Waals surface area contributed by atoms with E-state index in [2.05, 4.69) is 0 Å². The van der Waals surface area contributed by atoms with Crippen molar-refractivity contribution < 1.29 is 14.6 Å². The molecule has 0 amide bonds. The van der Waals surface area contributed by atoms with Gasteiger partial charge in [0.2, 0.25) is 0 Å². The predicted molar refractivity (Wildman–Crippen MR) is 73.3 cm³/mol. The minimum atomic E-state index is -1.54. The molecule has 0 fully saturated rings. The van der Waals surface area contributed by atoms with E-state index in [1.807, 2.05) is 24.3 Å². The highest BCUT2D eigenvalue weighted by Gasteiger charge is 2.32. The third kappa shape index (κ3) is 3.42. The molecule has 19 heavy (non-hydrogen) atoms. The Morgan fingerprint density at radius 3 is 2.16 bits per heavy atom. The topological polar surface area (TPSA) is 46.5 Å². The lowest BCUT2D eigenvalue weighted by Gasteiger charge is -2.22. The van der Waals surface area contributed by atoms with E-state index in [-0.39, 0.29) is 12.4 Å². The Bertz CT molecular complexity index is 532. The Labute approximate surface area is 112 Å². The van der Waals surface area contributed by atoms with Crippen LogP contribution in [0.15, 0.2) is 60.7 Å². The summed E-state index contributed by atoms with van der Waals surface area (Å²) in [4.78, 5) is 12.2. The van der Waals surface area contributed by atoms with Crippen LogP contribution in [-0.2, 0) is 0 Å². The molecule has 0 heterocycles. The van der Waals surface area contributed by atoms with Crippen LogP contribution >= 0.6 is 0 Å². The molecule has 0 aliphatic carbocycles. The first-order valence-corrected chi connectivity index (χ1v) is 6.10. The second-order valence-electron chi connectivity index (χ2n) is 4.57. The molecule has 2 aromatic carbocycles. The molecule has 1 unspecified atom stereocenters. The van der Waals surface area contributed by atoms with Crippen LogP contribution < -0.4 is 4.74 Å². The van der Waals surface area contributed by atoms with Crippen molar-refractivity contribution in [1.29, 1.82) is 0 Å². The van der Waals surface area contributed by atoms with Crippen molar-refractivity contribution in [2.45, 2.75) is 12.5 Å². The Kier molecular flexibility index (Phi) is 3.97. The third-order valence-corrected chi connectivity index (χ3v) is 2.79. The molecule has 3 heteroatoms. The molecule has 0 saturated heterocycles. The molecule has 0 aromatic heterocycles. The average Bonchev–Trinajstić information content (AvgIpc) is 2.46. The van der Waals surface area contributed by atoms with E-state index in [0.717, 1.165) is 0 Å². The van der Waals surface area contributed by atoms with E-state index in [1.165, 1.54) is 6.92 Å². The maximum Gasteiger partial charge on any atom is 0.197 e. The fourth-order valence-electron chi connectivity index (χ4n) is 1.71. The largest absolute Gasteiger partial charge is 0.490 e. The summed E-state index contributed by atoms with van der Waals surface area (Å²) in [5.74, 6) is 0.285. The lowest BCUT2D eigenvalue weighted by molar-refractivity contribution is 0.0161. The fourth-order valence-corrected chi connectivity index (χ4v) is 1.71. The number of ketones is 1. The lowest BCUT2D eigenvalue weighted by atomic mass is 9.96. The van der Waals surface area contributed by atoms with Gasteiger partial charge in [-0.25, -0.2) is 0 Å². The molecule has 1 atom stereocenters. The predicted octanol–water partition coefficient (Wildman–Crippen LogP) is 2.70. The second-order valence-corrected chi connectivity index (χ2v) is 4.57. The highest BCUT2D eigenvalue weighted by Crippen LogP contribution is 2.16.